The van der Waals surface area contributed by atoms with Crippen LogP contribution in [0.15, 0.2) is 66.7 Å². The lowest BCUT2D eigenvalue weighted by atomic mass is 10.1. The lowest BCUT2D eigenvalue weighted by Gasteiger charge is -2.15. The first-order valence-corrected chi connectivity index (χ1v) is 9.51. The number of benzene rings is 3. The monoisotopic (exact) mass is 392 g/mol. The molecule has 29 heavy (non-hydrogen) atoms. The number of nitrogens with one attached hydrogen (secondary N) is 2. The number of aryl methyl sites for hydroxylation is 1. The van der Waals surface area contributed by atoms with E-state index in [4.69, 9.17) is 9.47 Å². The summed E-state index contributed by atoms with van der Waals surface area (Å²) in [4.78, 5) is 24.1. The lowest BCUT2D eigenvalue weighted by Crippen LogP contribution is -2.48. The highest BCUT2D eigenvalue weighted by Crippen LogP contribution is 2.24. The number of hydrazine groups is 1. The zero-order valence-corrected chi connectivity index (χ0v) is 16.5. The minimum atomic E-state index is -0.762. The predicted molar refractivity (Wildman–Crippen MR) is 112 cm³/mol. The molecule has 0 radical (unpaired) electrons. The minimum Gasteiger partial charge on any atom is -0.483 e. The summed E-state index contributed by atoms with van der Waals surface area (Å²) in [5.74, 6) is 0.279. The van der Waals surface area contributed by atoms with Crippen LogP contribution in [-0.4, -0.2) is 24.5 Å². The Labute approximate surface area is 169 Å². The van der Waals surface area contributed by atoms with Gasteiger partial charge in [0.15, 0.2) is 12.7 Å². The lowest BCUT2D eigenvalue weighted by molar-refractivity contribution is -0.133. The average molecular weight is 392 g/mol. The van der Waals surface area contributed by atoms with E-state index in [-0.39, 0.29) is 6.61 Å². The molecule has 2 amide bonds. The first-order chi connectivity index (χ1) is 14.1. The molecule has 6 heteroatoms. The van der Waals surface area contributed by atoms with Gasteiger partial charge in [0, 0.05) is 5.39 Å². The van der Waals surface area contributed by atoms with Gasteiger partial charge in [0.05, 0.1) is 0 Å². The van der Waals surface area contributed by atoms with Crippen molar-refractivity contribution in [1.29, 1.82) is 0 Å². The van der Waals surface area contributed by atoms with Gasteiger partial charge >= 0.3 is 0 Å². The molecule has 0 aliphatic heterocycles. The summed E-state index contributed by atoms with van der Waals surface area (Å²) < 4.78 is 11.2. The molecule has 0 aliphatic rings. The maximum atomic E-state index is 12.1. The van der Waals surface area contributed by atoms with E-state index in [1.165, 1.54) is 5.56 Å². The maximum Gasteiger partial charge on any atom is 0.279 e. The Hall–Kier alpha value is -3.54. The van der Waals surface area contributed by atoms with Crippen LogP contribution in [0, 0.1) is 0 Å². The van der Waals surface area contributed by atoms with Gasteiger partial charge in [-0.2, -0.15) is 0 Å². The van der Waals surface area contributed by atoms with Gasteiger partial charge in [0.25, 0.3) is 11.8 Å². The summed E-state index contributed by atoms with van der Waals surface area (Å²) >= 11 is 0. The van der Waals surface area contributed by atoms with Crippen molar-refractivity contribution in [2.45, 2.75) is 26.4 Å². The minimum absolute atomic E-state index is 0.220. The summed E-state index contributed by atoms with van der Waals surface area (Å²) in [5, 5.41) is 1.94. The van der Waals surface area contributed by atoms with Gasteiger partial charge in [-0.15, -0.1) is 0 Å². The van der Waals surface area contributed by atoms with Gasteiger partial charge in [-0.3, -0.25) is 20.4 Å². The van der Waals surface area contributed by atoms with Gasteiger partial charge in [0.2, 0.25) is 0 Å². The van der Waals surface area contributed by atoms with Crippen molar-refractivity contribution in [2.75, 3.05) is 6.61 Å². The number of carbonyl (C=O) groups excluding carboxylic acids is 2. The number of hydrogen-bond acceptors (Lipinski definition) is 4. The van der Waals surface area contributed by atoms with Gasteiger partial charge in [0.1, 0.15) is 11.5 Å². The molecule has 0 fully saturated rings. The normalized spacial score (nSPS) is 11.5. The second-order valence-electron chi connectivity index (χ2n) is 6.56. The van der Waals surface area contributed by atoms with Crippen LogP contribution >= 0.6 is 0 Å². The van der Waals surface area contributed by atoms with E-state index in [1.54, 1.807) is 13.0 Å². The van der Waals surface area contributed by atoms with Crippen LogP contribution in [0.2, 0.25) is 0 Å². The fraction of sp³-hybridized carbons (Fsp3) is 0.217. The van der Waals surface area contributed by atoms with Gasteiger partial charge in [-0.25, -0.2) is 0 Å². The van der Waals surface area contributed by atoms with E-state index >= 15 is 0 Å². The molecule has 6 nitrogen and oxygen atoms in total. The highest BCUT2D eigenvalue weighted by Gasteiger charge is 2.15. The molecule has 2 N–H and O–H groups in total. The maximum absolute atomic E-state index is 12.1. The summed E-state index contributed by atoms with van der Waals surface area (Å²) in [6, 6.07) is 20.9. The first kappa shape index (κ1) is 20.2. The van der Waals surface area contributed by atoms with E-state index in [9.17, 15) is 9.59 Å². The SMILES string of the molecule is CCc1ccc(O[C@@H](C)C(=O)NNC(=O)COc2cccc3ccccc23)cc1. The van der Waals surface area contributed by atoms with E-state index < -0.39 is 17.9 Å². The van der Waals surface area contributed by atoms with Crippen molar-refractivity contribution in [3.8, 4) is 11.5 Å². The molecule has 0 saturated carbocycles. The van der Waals surface area contributed by atoms with Crippen LogP contribution in [0.4, 0.5) is 0 Å². The zero-order chi connectivity index (χ0) is 20.6. The summed E-state index contributed by atoms with van der Waals surface area (Å²) in [6.07, 6.45) is 0.171. The molecular weight excluding hydrogens is 368 g/mol. The number of ether oxygens (including phenoxy) is 2. The summed E-state index contributed by atoms with van der Waals surface area (Å²) in [5.41, 5.74) is 5.89. The molecule has 3 aromatic carbocycles. The number of rotatable bonds is 7. The zero-order valence-electron chi connectivity index (χ0n) is 16.5. The Morgan fingerprint density at radius 2 is 1.66 bits per heavy atom. The van der Waals surface area contributed by atoms with Crippen molar-refractivity contribution in [3.05, 3.63) is 72.3 Å². The second-order valence-corrected chi connectivity index (χ2v) is 6.56. The standard InChI is InChI=1S/C23H24N2O4/c1-3-17-11-13-19(14-12-17)29-16(2)23(27)25-24-22(26)15-28-21-10-6-8-18-7-4-5-9-20(18)21/h4-14,16H,3,15H2,1-2H3,(H,24,26)(H,25,27)/t16-/m0/s1. The molecule has 0 saturated heterocycles. The quantitative estimate of drug-likeness (QED) is 0.604. The van der Waals surface area contributed by atoms with E-state index in [1.807, 2.05) is 60.7 Å². The van der Waals surface area contributed by atoms with E-state index in [0.29, 0.717) is 11.5 Å². The molecule has 1 atom stereocenters. The molecule has 0 aliphatic carbocycles. The first-order valence-electron chi connectivity index (χ1n) is 9.51. The Balaban J connectivity index is 1.46. The van der Waals surface area contributed by atoms with E-state index in [0.717, 1.165) is 17.2 Å². The smallest absolute Gasteiger partial charge is 0.279 e. The number of carbonyl (C=O) groups is 2. The summed E-state index contributed by atoms with van der Waals surface area (Å²) in [6.45, 7) is 3.46. The Morgan fingerprint density at radius 3 is 2.41 bits per heavy atom. The largest absolute Gasteiger partial charge is 0.483 e. The molecule has 0 spiro atoms. The van der Waals surface area contributed by atoms with Crippen molar-refractivity contribution < 1.29 is 19.1 Å². The van der Waals surface area contributed by atoms with Crippen LogP contribution in [0.1, 0.15) is 19.4 Å². The fourth-order valence-corrected chi connectivity index (χ4v) is 2.80. The molecular formula is C23H24N2O4. The van der Waals surface area contributed by atoms with Crippen LogP contribution in [0.5, 0.6) is 11.5 Å². The third-order valence-corrected chi connectivity index (χ3v) is 4.45. The van der Waals surface area contributed by atoms with Crippen LogP contribution in [0.25, 0.3) is 10.8 Å². The number of fused-ring (bicyclic) bond motifs is 1. The van der Waals surface area contributed by atoms with Gasteiger partial charge in [-0.1, -0.05) is 55.5 Å². The molecule has 0 bridgehead atoms. The summed E-state index contributed by atoms with van der Waals surface area (Å²) in [7, 11) is 0. The van der Waals surface area contributed by atoms with Gasteiger partial charge < -0.3 is 9.47 Å². The second kappa shape index (κ2) is 9.59. The van der Waals surface area contributed by atoms with Gasteiger partial charge in [-0.05, 0) is 42.5 Å². The van der Waals surface area contributed by atoms with Crippen molar-refractivity contribution in [1.82, 2.24) is 10.9 Å². The molecule has 0 heterocycles. The molecule has 3 rings (SSSR count). The molecule has 0 unspecified atom stereocenters. The third-order valence-electron chi connectivity index (χ3n) is 4.45. The molecule has 3 aromatic rings. The number of amides is 2. The molecule has 0 aromatic heterocycles. The highest BCUT2D eigenvalue weighted by molar-refractivity contribution is 5.89. The highest BCUT2D eigenvalue weighted by atomic mass is 16.5. The predicted octanol–water partition coefficient (Wildman–Crippen LogP) is 3.40. The van der Waals surface area contributed by atoms with Crippen LogP contribution in [-0.2, 0) is 16.0 Å². The average Bonchev–Trinajstić information content (AvgIpc) is 2.76. The van der Waals surface area contributed by atoms with Crippen LogP contribution in [0.3, 0.4) is 0 Å². The third kappa shape index (κ3) is 5.48. The van der Waals surface area contributed by atoms with E-state index in [2.05, 4.69) is 17.8 Å². The van der Waals surface area contributed by atoms with Crippen molar-refractivity contribution in [2.24, 2.45) is 0 Å². The van der Waals surface area contributed by atoms with Crippen molar-refractivity contribution >= 4 is 22.6 Å². The number of hydrogen-bond donors (Lipinski definition) is 2. The fourth-order valence-electron chi connectivity index (χ4n) is 2.80. The van der Waals surface area contributed by atoms with Crippen molar-refractivity contribution in [3.63, 3.8) is 0 Å². The van der Waals surface area contributed by atoms with Crippen LogP contribution < -0.4 is 20.3 Å². The molecule has 150 valence electrons. The Bertz CT molecular complexity index is 980. The Kier molecular flexibility index (Phi) is 6.68. The topological polar surface area (TPSA) is 76.7 Å². The Morgan fingerprint density at radius 1 is 0.931 bits per heavy atom.